The predicted octanol–water partition coefficient (Wildman–Crippen LogP) is 2.63. The number of hydrogen-bond acceptors (Lipinski definition) is 4. The molecular formula is C15H19F2N3O2. The van der Waals surface area contributed by atoms with Crippen LogP contribution in [0.1, 0.15) is 17.8 Å². The molecule has 1 aromatic heterocycles. The van der Waals surface area contributed by atoms with Crippen LogP contribution in [0.3, 0.4) is 0 Å². The lowest BCUT2D eigenvalue weighted by Crippen LogP contribution is -2.19. The van der Waals surface area contributed by atoms with Crippen LogP contribution in [0.2, 0.25) is 0 Å². The van der Waals surface area contributed by atoms with Crippen molar-refractivity contribution in [1.29, 1.82) is 0 Å². The maximum atomic E-state index is 12.6. The largest absolute Gasteiger partial charge is 0.493 e. The molecule has 0 atom stereocenters. The summed E-state index contributed by atoms with van der Waals surface area (Å²) in [4.78, 5) is 0. The topological polar surface area (TPSA) is 48.3 Å². The highest BCUT2D eigenvalue weighted by Crippen LogP contribution is 2.27. The fourth-order valence-electron chi connectivity index (χ4n) is 2.14. The van der Waals surface area contributed by atoms with Crippen molar-refractivity contribution in [3.05, 3.63) is 41.7 Å². The predicted molar refractivity (Wildman–Crippen MR) is 78.4 cm³/mol. The van der Waals surface area contributed by atoms with Gasteiger partial charge < -0.3 is 14.8 Å². The number of benzene rings is 1. The van der Waals surface area contributed by atoms with Gasteiger partial charge in [0.1, 0.15) is 0 Å². The van der Waals surface area contributed by atoms with Crippen LogP contribution < -0.4 is 14.8 Å². The molecule has 0 saturated heterocycles. The highest BCUT2D eigenvalue weighted by atomic mass is 19.3. The van der Waals surface area contributed by atoms with E-state index in [0.717, 1.165) is 12.0 Å². The molecule has 0 spiro atoms. The van der Waals surface area contributed by atoms with E-state index in [0.29, 0.717) is 35.0 Å². The Labute approximate surface area is 127 Å². The summed E-state index contributed by atoms with van der Waals surface area (Å²) in [5, 5.41) is 6.72. The van der Waals surface area contributed by atoms with Gasteiger partial charge in [0.2, 0.25) is 0 Å². The molecular weight excluding hydrogens is 292 g/mol. The third-order valence-corrected chi connectivity index (χ3v) is 3.28. The van der Waals surface area contributed by atoms with Gasteiger partial charge in [-0.1, -0.05) is 6.07 Å². The van der Waals surface area contributed by atoms with Gasteiger partial charge in [-0.15, -0.1) is 0 Å². The minimum atomic E-state index is -2.61. The van der Waals surface area contributed by atoms with Gasteiger partial charge in [0.05, 0.1) is 19.9 Å². The Bertz CT molecular complexity index is 602. The van der Waals surface area contributed by atoms with Crippen molar-refractivity contribution in [2.24, 2.45) is 0 Å². The highest BCUT2D eigenvalue weighted by molar-refractivity contribution is 5.42. The average Bonchev–Trinajstić information content (AvgIpc) is 3.00. The first-order valence-corrected chi connectivity index (χ1v) is 6.88. The Morgan fingerprint density at radius 3 is 2.64 bits per heavy atom. The van der Waals surface area contributed by atoms with Gasteiger partial charge in [0.15, 0.2) is 11.5 Å². The van der Waals surface area contributed by atoms with E-state index in [4.69, 9.17) is 9.47 Å². The summed E-state index contributed by atoms with van der Waals surface area (Å²) in [6.07, 6.45) is 2.13. The number of ether oxygens (including phenoxy) is 2. The molecule has 0 aliphatic carbocycles. The average molecular weight is 311 g/mol. The number of alkyl halides is 2. The number of methoxy groups -OCH3 is 2. The van der Waals surface area contributed by atoms with E-state index in [2.05, 4.69) is 10.4 Å². The SMILES string of the molecule is COc1ccc(CCNCc2ccnn2C(F)F)cc1OC. The summed E-state index contributed by atoms with van der Waals surface area (Å²) in [6.45, 7) is -1.61. The van der Waals surface area contributed by atoms with E-state index < -0.39 is 6.55 Å². The minimum absolute atomic E-state index is 0.345. The third-order valence-electron chi connectivity index (χ3n) is 3.28. The summed E-state index contributed by atoms with van der Waals surface area (Å²) in [5.74, 6) is 1.36. The fourth-order valence-corrected chi connectivity index (χ4v) is 2.14. The molecule has 1 aromatic carbocycles. The Morgan fingerprint density at radius 1 is 1.18 bits per heavy atom. The number of nitrogens with zero attached hydrogens (tertiary/aromatic N) is 2. The van der Waals surface area contributed by atoms with Crippen LogP contribution in [0.25, 0.3) is 0 Å². The van der Waals surface area contributed by atoms with E-state index in [1.807, 2.05) is 18.2 Å². The van der Waals surface area contributed by atoms with Gasteiger partial charge in [-0.3, -0.25) is 0 Å². The zero-order chi connectivity index (χ0) is 15.9. The van der Waals surface area contributed by atoms with Crippen LogP contribution in [-0.4, -0.2) is 30.5 Å². The molecule has 7 heteroatoms. The quantitative estimate of drug-likeness (QED) is 0.761. The Balaban J connectivity index is 1.85. The van der Waals surface area contributed by atoms with E-state index >= 15 is 0 Å². The monoisotopic (exact) mass is 311 g/mol. The second kappa shape index (κ2) is 7.74. The summed E-state index contributed by atoms with van der Waals surface area (Å²) in [6, 6.07) is 7.28. The van der Waals surface area contributed by atoms with Crippen LogP contribution in [0.5, 0.6) is 11.5 Å². The first-order valence-electron chi connectivity index (χ1n) is 6.88. The second-order valence-electron chi connectivity index (χ2n) is 4.66. The molecule has 5 nitrogen and oxygen atoms in total. The van der Waals surface area contributed by atoms with Crippen molar-refractivity contribution >= 4 is 0 Å². The van der Waals surface area contributed by atoms with Crippen molar-refractivity contribution in [2.45, 2.75) is 19.5 Å². The first kappa shape index (κ1) is 16.2. The van der Waals surface area contributed by atoms with Gasteiger partial charge in [0.25, 0.3) is 0 Å². The first-order chi connectivity index (χ1) is 10.7. The van der Waals surface area contributed by atoms with E-state index in [1.54, 1.807) is 20.3 Å². The van der Waals surface area contributed by atoms with Crippen LogP contribution in [0.15, 0.2) is 30.5 Å². The van der Waals surface area contributed by atoms with E-state index in [9.17, 15) is 8.78 Å². The van der Waals surface area contributed by atoms with Gasteiger partial charge in [-0.25, -0.2) is 4.68 Å². The normalized spacial score (nSPS) is 11.0. The van der Waals surface area contributed by atoms with Crippen molar-refractivity contribution in [3.8, 4) is 11.5 Å². The molecule has 0 saturated carbocycles. The van der Waals surface area contributed by atoms with E-state index in [1.165, 1.54) is 6.20 Å². The second-order valence-corrected chi connectivity index (χ2v) is 4.66. The Kier molecular flexibility index (Phi) is 5.71. The van der Waals surface area contributed by atoms with Gasteiger partial charge >= 0.3 is 6.55 Å². The summed E-state index contributed by atoms with van der Waals surface area (Å²) >= 11 is 0. The van der Waals surface area contributed by atoms with E-state index in [-0.39, 0.29) is 0 Å². The fraction of sp³-hybridized carbons (Fsp3) is 0.400. The molecule has 0 aliphatic heterocycles. The molecule has 2 rings (SSSR count). The molecule has 0 amide bonds. The molecule has 0 unspecified atom stereocenters. The van der Waals surface area contributed by atoms with Crippen molar-refractivity contribution < 1.29 is 18.3 Å². The molecule has 1 N–H and O–H groups in total. The lowest BCUT2D eigenvalue weighted by atomic mass is 10.1. The summed E-state index contributed by atoms with van der Waals surface area (Å²) in [5.41, 5.74) is 1.54. The summed E-state index contributed by atoms with van der Waals surface area (Å²) in [7, 11) is 3.18. The van der Waals surface area contributed by atoms with Crippen molar-refractivity contribution in [3.63, 3.8) is 0 Å². The molecule has 1 heterocycles. The van der Waals surface area contributed by atoms with Crippen LogP contribution in [0, 0.1) is 0 Å². The third kappa shape index (κ3) is 3.94. The lowest BCUT2D eigenvalue weighted by Gasteiger charge is -2.10. The molecule has 0 radical (unpaired) electrons. The number of hydrogen-bond donors (Lipinski definition) is 1. The van der Waals surface area contributed by atoms with Crippen LogP contribution in [-0.2, 0) is 13.0 Å². The van der Waals surface area contributed by atoms with Crippen LogP contribution >= 0.6 is 0 Å². The maximum Gasteiger partial charge on any atom is 0.333 e. The molecule has 0 aliphatic rings. The number of halogens is 2. The van der Waals surface area contributed by atoms with Gasteiger partial charge in [-0.05, 0) is 36.7 Å². The molecule has 120 valence electrons. The zero-order valence-electron chi connectivity index (χ0n) is 12.6. The number of aromatic nitrogens is 2. The molecule has 0 bridgehead atoms. The van der Waals surface area contributed by atoms with Gasteiger partial charge in [-0.2, -0.15) is 13.9 Å². The smallest absolute Gasteiger partial charge is 0.333 e. The Hall–Kier alpha value is -2.15. The highest BCUT2D eigenvalue weighted by Gasteiger charge is 2.10. The van der Waals surface area contributed by atoms with Crippen LogP contribution in [0.4, 0.5) is 8.78 Å². The van der Waals surface area contributed by atoms with Crippen molar-refractivity contribution in [1.82, 2.24) is 15.1 Å². The zero-order valence-corrected chi connectivity index (χ0v) is 12.6. The maximum absolute atomic E-state index is 12.6. The lowest BCUT2D eigenvalue weighted by molar-refractivity contribution is 0.0531. The van der Waals surface area contributed by atoms with Gasteiger partial charge in [0, 0.05) is 12.7 Å². The number of nitrogens with one attached hydrogen (secondary N) is 1. The molecule has 2 aromatic rings. The minimum Gasteiger partial charge on any atom is -0.493 e. The molecule has 22 heavy (non-hydrogen) atoms. The number of rotatable bonds is 8. The summed E-state index contributed by atoms with van der Waals surface area (Å²) < 4.78 is 36.4. The Morgan fingerprint density at radius 2 is 1.95 bits per heavy atom. The molecule has 0 fully saturated rings. The standard InChI is InChI=1S/C15H19F2N3O2/c1-21-13-4-3-11(9-14(13)22-2)5-7-18-10-12-6-8-19-20(12)15(16)17/h3-4,6,8-9,15,18H,5,7,10H2,1-2H3. The van der Waals surface area contributed by atoms with Crippen molar-refractivity contribution in [2.75, 3.05) is 20.8 Å².